The summed E-state index contributed by atoms with van der Waals surface area (Å²) in [6.45, 7) is 8.24. The summed E-state index contributed by atoms with van der Waals surface area (Å²) in [5.74, 6) is 0. The van der Waals surface area contributed by atoms with Crippen LogP contribution in [0.3, 0.4) is 0 Å². The third-order valence-electron chi connectivity index (χ3n) is 6.72. The average molecular weight is 395 g/mol. The van der Waals surface area contributed by atoms with Gasteiger partial charge in [0.25, 0.3) is 0 Å². The van der Waals surface area contributed by atoms with Crippen LogP contribution in [-0.4, -0.2) is 23.3 Å². The summed E-state index contributed by atoms with van der Waals surface area (Å²) in [6, 6.07) is 20.9. The van der Waals surface area contributed by atoms with Crippen molar-refractivity contribution in [3.63, 3.8) is 0 Å². The molecule has 148 valence electrons. The van der Waals surface area contributed by atoms with Crippen molar-refractivity contribution >= 4 is 56.3 Å². The number of benzene rings is 3. The van der Waals surface area contributed by atoms with Crippen molar-refractivity contribution in [2.45, 2.75) is 38.9 Å². The highest BCUT2D eigenvalue weighted by Gasteiger charge is 2.52. The zero-order chi connectivity index (χ0) is 20.7. The van der Waals surface area contributed by atoms with E-state index < -0.39 is 18.3 Å². The molecule has 1 aliphatic heterocycles. The SMILES string of the molecule is CC1(C)OB(c2cccc3c2oc2nc4c(ccc5ccccc54)cc23)OC1(C)C. The molecule has 2 aromatic heterocycles. The number of para-hydroxylation sites is 1. The lowest BCUT2D eigenvalue weighted by atomic mass is 9.78. The van der Waals surface area contributed by atoms with Crippen LogP contribution in [0.1, 0.15) is 27.7 Å². The lowest BCUT2D eigenvalue weighted by molar-refractivity contribution is 0.00578. The second-order valence-electron chi connectivity index (χ2n) is 9.11. The minimum Gasteiger partial charge on any atom is -0.438 e. The van der Waals surface area contributed by atoms with Crippen molar-refractivity contribution in [3.8, 4) is 0 Å². The van der Waals surface area contributed by atoms with Gasteiger partial charge in [-0.25, -0.2) is 4.98 Å². The smallest absolute Gasteiger partial charge is 0.438 e. The van der Waals surface area contributed by atoms with Crippen LogP contribution in [0, 0.1) is 0 Å². The van der Waals surface area contributed by atoms with Gasteiger partial charge < -0.3 is 13.7 Å². The third-order valence-corrected chi connectivity index (χ3v) is 6.72. The molecule has 0 atom stereocenters. The quantitative estimate of drug-likeness (QED) is 0.274. The van der Waals surface area contributed by atoms with Crippen molar-refractivity contribution in [2.24, 2.45) is 0 Å². The van der Waals surface area contributed by atoms with Crippen molar-refractivity contribution < 1.29 is 13.7 Å². The van der Waals surface area contributed by atoms with Crippen molar-refractivity contribution in [1.29, 1.82) is 0 Å². The third kappa shape index (κ3) is 2.39. The van der Waals surface area contributed by atoms with Gasteiger partial charge in [-0.1, -0.05) is 54.6 Å². The molecule has 0 aliphatic carbocycles. The fraction of sp³-hybridized carbons (Fsp3) is 0.240. The van der Waals surface area contributed by atoms with Gasteiger partial charge in [0, 0.05) is 27.0 Å². The van der Waals surface area contributed by atoms with Crippen LogP contribution in [0.4, 0.5) is 0 Å². The van der Waals surface area contributed by atoms with Crippen molar-refractivity contribution in [3.05, 3.63) is 60.7 Å². The lowest BCUT2D eigenvalue weighted by Gasteiger charge is -2.32. The molecule has 0 radical (unpaired) electrons. The second-order valence-corrected chi connectivity index (χ2v) is 9.11. The minimum absolute atomic E-state index is 0.405. The minimum atomic E-state index is -0.477. The number of aromatic nitrogens is 1. The molecule has 30 heavy (non-hydrogen) atoms. The fourth-order valence-electron chi connectivity index (χ4n) is 4.30. The molecule has 5 aromatic rings. The van der Waals surface area contributed by atoms with E-state index in [1.165, 1.54) is 5.39 Å². The zero-order valence-corrected chi connectivity index (χ0v) is 17.5. The first-order valence-corrected chi connectivity index (χ1v) is 10.3. The highest BCUT2D eigenvalue weighted by Crippen LogP contribution is 2.38. The molecule has 1 saturated heterocycles. The van der Waals surface area contributed by atoms with Gasteiger partial charge in [0.15, 0.2) is 0 Å². The highest BCUT2D eigenvalue weighted by molar-refractivity contribution is 6.65. The van der Waals surface area contributed by atoms with Gasteiger partial charge >= 0.3 is 7.12 Å². The Morgan fingerprint density at radius 3 is 2.23 bits per heavy atom. The average Bonchev–Trinajstić information content (AvgIpc) is 3.19. The van der Waals surface area contributed by atoms with E-state index >= 15 is 0 Å². The Morgan fingerprint density at radius 2 is 1.43 bits per heavy atom. The molecule has 4 nitrogen and oxygen atoms in total. The first-order valence-electron chi connectivity index (χ1n) is 10.3. The molecule has 5 heteroatoms. The van der Waals surface area contributed by atoms with Crippen LogP contribution < -0.4 is 5.46 Å². The second kappa shape index (κ2) is 5.84. The predicted octanol–water partition coefficient (Wildman–Crippen LogP) is 5.59. The molecule has 1 fully saturated rings. The molecule has 6 rings (SSSR count). The largest absolute Gasteiger partial charge is 0.498 e. The predicted molar refractivity (Wildman–Crippen MR) is 122 cm³/mol. The maximum Gasteiger partial charge on any atom is 0.498 e. The highest BCUT2D eigenvalue weighted by atomic mass is 16.7. The lowest BCUT2D eigenvalue weighted by Crippen LogP contribution is -2.41. The van der Waals surface area contributed by atoms with Crippen molar-refractivity contribution in [1.82, 2.24) is 4.98 Å². The fourth-order valence-corrected chi connectivity index (χ4v) is 4.30. The van der Waals surface area contributed by atoms with Gasteiger partial charge in [0.05, 0.1) is 16.7 Å². The van der Waals surface area contributed by atoms with Gasteiger partial charge in [-0.15, -0.1) is 0 Å². The normalized spacial score (nSPS) is 18.2. The number of nitrogens with zero attached hydrogens (tertiary/aromatic N) is 1. The molecule has 0 saturated carbocycles. The summed E-state index contributed by atoms with van der Waals surface area (Å²) in [4.78, 5) is 4.92. The topological polar surface area (TPSA) is 44.5 Å². The molecule has 0 bridgehead atoms. The van der Waals surface area contributed by atoms with E-state index in [1.807, 2.05) is 24.3 Å². The Hall–Kier alpha value is -2.89. The Kier molecular flexibility index (Phi) is 3.49. The van der Waals surface area contributed by atoms with Gasteiger partial charge in [0.2, 0.25) is 5.71 Å². The van der Waals surface area contributed by atoms with Crippen LogP contribution in [0.5, 0.6) is 0 Å². The van der Waals surface area contributed by atoms with Crippen LogP contribution in [0.15, 0.2) is 65.1 Å². The monoisotopic (exact) mass is 395 g/mol. The Labute approximate surface area is 174 Å². The molecule has 3 heterocycles. The van der Waals surface area contributed by atoms with Crippen LogP contribution in [0.2, 0.25) is 0 Å². The molecule has 3 aromatic carbocycles. The van der Waals surface area contributed by atoms with Gasteiger partial charge in [-0.3, -0.25) is 0 Å². The first kappa shape index (κ1) is 17.9. The summed E-state index contributed by atoms with van der Waals surface area (Å²) < 4.78 is 18.9. The molecule has 0 amide bonds. The summed E-state index contributed by atoms with van der Waals surface area (Å²) in [5, 5.41) is 5.44. The zero-order valence-electron chi connectivity index (χ0n) is 17.5. The molecule has 0 N–H and O–H groups in total. The van der Waals surface area contributed by atoms with Gasteiger partial charge in [0.1, 0.15) is 5.58 Å². The van der Waals surface area contributed by atoms with E-state index in [0.29, 0.717) is 5.71 Å². The Balaban J connectivity index is 1.60. The van der Waals surface area contributed by atoms with E-state index in [1.54, 1.807) is 0 Å². The van der Waals surface area contributed by atoms with Crippen LogP contribution >= 0.6 is 0 Å². The van der Waals surface area contributed by atoms with Crippen LogP contribution in [-0.2, 0) is 9.31 Å². The maximum absolute atomic E-state index is 6.32. The number of pyridine rings is 1. The molecular formula is C25H22BNO3. The molecule has 0 spiro atoms. The number of furan rings is 1. The van der Waals surface area contributed by atoms with Crippen LogP contribution in [0.25, 0.3) is 43.7 Å². The number of hydrogen-bond donors (Lipinski definition) is 0. The summed E-state index contributed by atoms with van der Waals surface area (Å²) in [6.07, 6.45) is 0. The maximum atomic E-state index is 6.32. The van der Waals surface area contributed by atoms with E-state index in [0.717, 1.165) is 38.1 Å². The molecular weight excluding hydrogens is 373 g/mol. The molecule has 0 unspecified atom stereocenters. The first-order chi connectivity index (χ1) is 14.3. The summed E-state index contributed by atoms with van der Waals surface area (Å²) >= 11 is 0. The number of rotatable bonds is 1. The molecule has 1 aliphatic rings. The van der Waals surface area contributed by atoms with E-state index in [2.05, 4.69) is 64.1 Å². The Morgan fingerprint density at radius 1 is 0.733 bits per heavy atom. The standard InChI is InChI=1S/C25H22BNO3/c1-24(2)25(3,4)30-26(29-24)20-11-7-10-18-19-14-16-13-12-15-8-5-6-9-17(15)21(16)27-23(19)28-22(18)20/h5-14H,1-4H3. The van der Waals surface area contributed by atoms with E-state index in [9.17, 15) is 0 Å². The van der Waals surface area contributed by atoms with Crippen molar-refractivity contribution in [2.75, 3.05) is 0 Å². The van der Waals surface area contributed by atoms with E-state index in [4.69, 9.17) is 18.7 Å². The number of fused-ring (bicyclic) bond motifs is 6. The number of hydrogen-bond acceptors (Lipinski definition) is 4. The van der Waals surface area contributed by atoms with Gasteiger partial charge in [-0.05, 0) is 39.1 Å². The van der Waals surface area contributed by atoms with E-state index in [-0.39, 0.29) is 0 Å². The van der Waals surface area contributed by atoms with Gasteiger partial charge in [-0.2, -0.15) is 0 Å². The Bertz CT molecular complexity index is 1450. The summed E-state index contributed by atoms with van der Waals surface area (Å²) in [7, 11) is -0.477. The summed E-state index contributed by atoms with van der Waals surface area (Å²) in [5.41, 5.74) is 2.46.